The second kappa shape index (κ2) is 4.03. The summed E-state index contributed by atoms with van der Waals surface area (Å²) in [7, 11) is 0. The van der Waals surface area contributed by atoms with Crippen molar-refractivity contribution in [1.29, 1.82) is 0 Å². The molecule has 0 N–H and O–H groups in total. The van der Waals surface area contributed by atoms with Gasteiger partial charge in [0.05, 0.1) is 6.54 Å². The fraction of sp³-hybridized carbons (Fsp3) is 0.500. The predicted octanol–water partition coefficient (Wildman–Crippen LogP) is 2.30. The van der Waals surface area contributed by atoms with Gasteiger partial charge in [-0.15, -0.1) is 11.3 Å². The monoisotopic (exact) mass is 194 g/mol. The summed E-state index contributed by atoms with van der Waals surface area (Å²) in [6, 6.07) is 0. The molecule has 0 radical (unpaired) electrons. The van der Waals surface area contributed by atoms with Crippen molar-refractivity contribution in [3.63, 3.8) is 0 Å². The minimum atomic E-state index is 0.997. The van der Waals surface area contributed by atoms with E-state index in [1.165, 1.54) is 30.0 Å². The zero-order chi connectivity index (χ0) is 9.10. The number of likely N-dealkylation sites (tertiary alicyclic amines) is 1. The van der Waals surface area contributed by atoms with Crippen LogP contribution in [0.4, 0.5) is 0 Å². The first-order valence-electron chi connectivity index (χ1n) is 4.62. The molecular formula is C10H14N2S. The molecule has 0 spiro atoms. The Balaban J connectivity index is 1.91. The number of thiazole rings is 1. The van der Waals surface area contributed by atoms with E-state index in [9.17, 15) is 0 Å². The molecular weight excluding hydrogens is 180 g/mol. The molecule has 0 amide bonds. The van der Waals surface area contributed by atoms with E-state index in [0.717, 1.165) is 13.1 Å². The molecule has 70 valence electrons. The van der Waals surface area contributed by atoms with Crippen molar-refractivity contribution >= 4 is 11.3 Å². The Morgan fingerprint density at radius 2 is 2.54 bits per heavy atom. The molecule has 3 heteroatoms. The zero-order valence-corrected chi connectivity index (χ0v) is 8.52. The third-order valence-electron chi connectivity index (χ3n) is 2.29. The smallest absolute Gasteiger partial charge is 0.107 e. The van der Waals surface area contributed by atoms with Gasteiger partial charge < -0.3 is 0 Å². The van der Waals surface area contributed by atoms with Crippen molar-refractivity contribution in [2.75, 3.05) is 13.1 Å². The highest BCUT2D eigenvalue weighted by Crippen LogP contribution is 2.16. The van der Waals surface area contributed by atoms with Crippen LogP contribution in [0.15, 0.2) is 23.7 Å². The predicted molar refractivity (Wildman–Crippen MR) is 55.8 cm³/mol. The van der Waals surface area contributed by atoms with E-state index in [-0.39, 0.29) is 0 Å². The Hall–Kier alpha value is -0.670. The molecule has 2 nitrogen and oxygen atoms in total. The molecule has 13 heavy (non-hydrogen) atoms. The van der Waals surface area contributed by atoms with Crippen molar-refractivity contribution in [3.8, 4) is 0 Å². The van der Waals surface area contributed by atoms with Crippen LogP contribution >= 0.6 is 11.3 Å². The Kier molecular flexibility index (Phi) is 2.76. The van der Waals surface area contributed by atoms with Gasteiger partial charge in [-0.3, -0.25) is 4.90 Å². The molecule has 0 bridgehead atoms. The van der Waals surface area contributed by atoms with Crippen LogP contribution in [0.3, 0.4) is 0 Å². The Morgan fingerprint density at radius 1 is 1.62 bits per heavy atom. The van der Waals surface area contributed by atoms with E-state index in [1.807, 2.05) is 11.6 Å². The van der Waals surface area contributed by atoms with Gasteiger partial charge in [-0.2, -0.15) is 0 Å². The largest absolute Gasteiger partial charge is 0.293 e. The minimum absolute atomic E-state index is 0.997. The Morgan fingerprint density at radius 3 is 3.23 bits per heavy atom. The summed E-state index contributed by atoms with van der Waals surface area (Å²) in [5.74, 6) is 0. The SMILES string of the molecule is C=C1CCCN(Cc2nccs2)C1. The number of rotatable bonds is 2. The second-order valence-corrected chi connectivity index (χ2v) is 4.47. The van der Waals surface area contributed by atoms with Crippen LogP contribution in [0.2, 0.25) is 0 Å². The van der Waals surface area contributed by atoms with Crippen molar-refractivity contribution in [2.24, 2.45) is 0 Å². The molecule has 1 aliphatic heterocycles. The fourth-order valence-electron chi connectivity index (χ4n) is 1.68. The number of nitrogens with zero attached hydrogens (tertiary/aromatic N) is 2. The van der Waals surface area contributed by atoms with Gasteiger partial charge in [0, 0.05) is 18.1 Å². The highest BCUT2D eigenvalue weighted by Gasteiger charge is 2.13. The summed E-state index contributed by atoms with van der Waals surface area (Å²) >= 11 is 1.74. The van der Waals surface area contributed by atoms with Gasteiger partial charge in [0.2, 0.25) is 0 Å². The van der Waals surface area contributed by atoms with E-state index in [4.69, 9.17) is 0 Å². The second-order valence-electron chi connectivity index (χ2n) is 3.49. The lowest BCUT2D eigenvalue weighted by molar-refractivity contribution is 0.258. The van der Waals surface area contributed by atoms with Crippen molar-refractivity contribution in [2.45, 2.75) is 19.4 Å². The molecule has 0 atom stereocenters. The molecule has 0 aromatic carbocycles. The zero-order valence-electron chi connectivity index (χ0n) is 7.70. The lowest BCUT2D eigenvalue weighted by Gasteiger charge is -2.26. The summed E-state index contributed by atoms with van der Waals surface area (Å²) in [4.78, 5) is 6.70. The first-order valence-corrected chi connectivity index (χ1v) is 5.50. The molecule has 1 aliphatic rings. The van der Waals surface area contributed by atoms with Crippen LogP contribution < -0.4 is 0 Å². The first-order chi connectivity index (χ1) is 6.34. The molecule has 1 aromatic heterocycles. The lowest BCUT2D eigenvalue weighted by Crippen LogP contribution is -2.30. The third kappa shape index (κ3) is 2.39. The van der Waals surface area contributed by atoms with Crippen LogP contribution in [0.5, 0.6) is 0 Å². The third-order valence-corrected chi connectivity index (χ3v) is 3.06. The van der Waals surface area contributed by atoms with E-state index in [1.54, 1.807) is 11.3 Å². The summed E-state index contributed by atoms with van der Waals surface area (Å²) in [6.45, 7) is 7.28. The average Bonchev–Trinajstić information content (AvgIpc) is 2.57. The summed E-state index contributed by atoms with van der Waals surface area (Å²) in [6.07, 6.45) is 4.33. The first kappa shape index (κ1) is 8.91. The topological polar surface area (TPSA) is 16.1 Å². The molecule has 0 saturated carbocycles. The van der Waals surface area contributed by atoms with Crippen molar-refractivity contribution in [3.05, 3.63) is 28.7 Å². The molecule has 2 rings (SSSR count). The van der Waals surface area contributed by atoms with E-state index in [0.29, 0.717) is 0 Å². The normalized spacial score (nSPS) is 19.2. The molecule has 1 aromatic rings. The standard InChI is InChI=1S/C10H14N2S/c1-9-3-2-5-12(7-9)8-10-11-4-6-13-10/h4,6H,1-3,5,7-8H2. The maximum atomic E-state index is 4.28. The van der Waals surface area contributed by atoms with Gasteiger partial charge in [-0.1, -0.05) is 12.2 Å². The summed E-state index contributed by atoms with van der Waals surface area (Å²) in [5, 5.41) is 3.25. The fourth-order valence-corrected chi connectivity index (χ4v) is 2.34. The average molecular weight is 194 g/mol. The van der Waals surface area contributed by atoms with Gasteiger partial charge in [0.1, 0.15) is 5.01 Å². The maximum absolute atomic E-state index is 4.28. The van der Waals surface area contributed by atoms with Gasteiger partial charge >= 0.3 is 0 Å². The highest BCUT2D eigenvalue weighted by molar-refractivity contribution is 7.09. The number of hydrogen-bond donors (Lipinski definition) is 0. The van der Waals surface area contributed by atoms with Gasteiger partial charge in [0.15, 0.2) is 0 Å². The van der Waals surface area contributed by atoms with E-state index >= 15 is 0 Å². The molecule has 0 aliphatic carbocycles. The Bertz CT molecular complexity index is 279. The number of hydrogen-bond acceptors (Lipinski definition) is 3. The quantitative estimate of drug-likeness (QED) is 0.672. The lowest BCUT2D eigenvalue weighted by atomic mass is 10.1. The number of aromatic nitrogens is 1. The van der Waals surface area contributed by atoms with E-state index < -0.39 is 0 Å². The van der Waals surface area contributed by atoms with E-state index in [2.05, 4.69) is 16.5 Å². The Labute approximate surface area is 82.9 Å². The molecule has 1 fully saturated rings. The summed E-state index contributed by atoms with van der Waals surface area (Å²) < 4.78 is 0. The number of piperidine rings is 1. The van der Waals surface area contributed by atoms with Crippen LogP contribution in [0.1, 0.15) is 17.8 Å². The van der Waals surface area contributed by atoms with Crippen molar-refractivity contribution in [1.82, 2.24) is 9.88 Å². The van der Waals surface area contributed by atoms with Crippen LogP contribution in [-0.4, -0.2) is 23.0 Å². The molecule has 1 saturated heterocycles. The summed E-state index contributed by atoms with van der Waals surface area (Å²) in [5.41, 5.74) is 1.36. The van der Waals surface area contributed by atoms with Crippen LogP contribution in [0, 0.1) is 0 Å². The van der Waals surface area contributed by atoms with Crippen LogP contribution in [0.25, 0.3) is 0 Å². The van der Waals surface area contributed by atoms with Gasteiger partial charge in [0.25, 0.3) is 0 Å². The maximum Gasteiger partial charge on any atom is 0.107 e. The van der Waals surface area contributed by atoms with Crippen LogP contribution in [-0.2, 0) is 6.54 Å². The molecule has 2 heterocycles. The minimum Gasteiger partial charge on any atom is -0.293 e. The highest BCUT2D eigenvalue weighted by atomic mass is 32.1. The van der Waals surface area contributed by atoms with Gasteiger partial charge in [-0.25, -0.2) is 4.98 Å². The van der Waals surface area contributed by atoms with Gasteiger partial charge in [-0.05, 0) is 19.4 Å². The molecule has 0 unspecified atom stereocenters. The van der Waals surface area contributed by atoms with Crippen molar-refractivity contribution < 1.29 is 0 Å².